The van der Waals surface area contributed by atoms with Crippen LogP contribution in [0.25, 0.3) is 11.3 Å². The van der Waals surface area contributed by atoms with Crippen LogP contribution in [0.15, 0.2) is 24.7 Å². The predicted octanol–water partition coefficient (Wildman–Crippen LogP) is 2.16. The Balaban J connectivity index is 2.33. The van der Waals surface area contributed by atoms with Gasteiger partial charge in [0.15, 0.2) is 0 Å². The van der Waals surface area contributed by atoms with Gasteiger partial charge in [-0.05, 0) is 6.07 Å². The van der Waals surface area contributed by atoms with Crippen molar-refractivity contribution in [2.45, 2.75) is 26.2 Å². The number of aromatic amines is 1. The smallest absolute Gasteiger partial charge is 0.133 e. The summed E-state index contributed by atoms with van der Waals surface area (Å²) in [5, 5.41) is 6.77. The minimum Gasteiger partial charge on any atom is -0.278 e. The van der Waals surface area contributed by atoms with Gasteiger partial charge >= 0.3 is 0 Å². The number of hydrogen-bond acceptors (Lipinski definition) is 3. The van der Waals surface area contributed by atoms with E-state index >= 15 is 0 Å². The summed E-state index contributed by atoms with van der Waals surface area (Å²) in [5.74, 6) is 0.853. The second-order valence-electron chi connectivity index (χ2n) is 4.52. The van der Waals surface area contributed by atoms with E-state index in [1.807, 2.05) is 18.5 Å². The van der Waals surface area contributed by atoms with Gasteiger partial charge in [0.1, 0.15) is 5.82 Å². The first-order valence-corrected chi connectivity index (χ1v) is 4.89. The molecule has 0 fully saturated rings. The molecule has 4 heteroatoms. The molecule has 0 aliphatic carbocycles. The number of hydrogen-bond donors (Lipinski definition) is 1. The van der Waals surface area contributed by atoms with Crippen LogP contribution in [0.2, 0.25) is 0 Å². The van der Waals surface area contributed by atoms with Crippen molar-refractivity contribution in [2.75, 3.05) is 0 Å². The number of aromatic nitrogens is 4. The van der Waals surface area contributed by atoms with E-state index in [0.717, 1.165) is 17.1 Å². The van der Waals surface area contributed by atoms with Gasteiger partial charge in [0.25, 0.3) is 0 Å². The molecule has 2 aromatic heterocycles. The molecule has 0 aliphatic rings. The third-order valence-electron chi connectivity index (χ3n) is 2.13. The van der Waals surface area contributed by atoms with Gasteiger partial charge in [-0.15, -0.1) is 0 Å². The standard InChI is InChI=1S/C11H14N4/c1-11(2,3)10-12-6-8(7-13-10)9-4-5-14-15-9/h4-7H,1-3H3,(H,14,15). The van der Waals surface area contributed by atoms with E-state index in [0.29, 0.717) is 0 Å². The molecule has 0 radical (unpaired) electrons. The van der Waals surface area contributed by atoms with Crippen LogP contribution in [-0.2, 0) is 5.41 Å². The highest BCUT2D eigenvalue weighted by Crippen LogP contribution is 2.19. The summed E-state index contributed by atoms with van der Waals surface area (Å²) in [7, 11) is 0. The number of nitrogens with zero attached hydrogens (tertiary/aromatic N) is 3. The average molecular weight is 202 g/mol. The zero-order chi connectivity index (χ0) is 10.9. The fraction of sp³-hybridized carbons (Fsp3) is 0.364. The van der Waals surface area contributed by atoms with E-state index in [1.165, 1.54) is 0 Å². The van der Waals surface area contributed by atoms with Crippen LogP contribution in [-0.4, -0.2) is 20.2 Å². The van der Waals surface area contributed by atoms with E-state index in [1.54, 1.807) is 6.20 Å². The lowest BCUT2D eigenvalue weighted by Crippen LogP contribution is -2.15. The van der Waals surface area contributed by atoms with E-state index < -0.39 is 0 Å². The fourth-order valence-corrected chi connectivity index (χ4v) is 1.27. The SMILES string of the molecule is CC(C)(C)c1ncc(-c2ccn[nH]2)cn1. The maximum Gasteiger partial charge on any atom is 0.133 e. The summed E-state index contributed by atoms with van der Waals surface area (Å²) in [6.45, 7) is 6.29. The minimum atomic E-state index is -0.00743. The summed E-state index contributed by atoms with van der Waals surface area (Å²) >= 11 is 0. The minimum absolute atomic E-state index is 0.00743. The van der Waals surface area contributed by atoms with E-state index in [2.05, 4.69) is 40.9 Å². The molecule has 15 heavy (non-hydrogen) atoms. The zero-order valence-electron chi connectivity index (χ0n) is 9.15. The Morgan fingerprint density at radius 1 is 1.13 bits per heavy atom. The summed E-state index contributed by atoms with van der Waals surface area (Å²) in [6.07, 6.45) is 5.36. The Kier molecular flexibility index (Phi) is 2.26. The predicted molar refractivity (Wildman–Crippen MR) is 58.3 cm³/mol. The van der Waals surface area contributed by atoms with Crippen molar-refractivity contribution < 1.29 is 0 Å². The van der Waals surface area contributed by atoms with Gasteiger partial charge in [-0.1, -0.05) is 20.8 Å². The highest BCUT2D eigenvalue weighted by Gasteiger charge is 2.16. The molecule has 0 saturated carbocycles. The molecule has 0 spiro atoms. The monoisotopic (exact) mass is 202 g/mol. The molecule has 2 rings (SSSR count). The number of nitrogens with one attached hydrogen (secondary N) is 1. The average Bonchev–Trinajstić information content (AvgIpc) is 2.69. The largest absolute Gasteiger partial charge is 0.278 e. The quantitative estimate of drug-likeness (QED) is 0.771. The Labute approximate surface area is 88.8 Å². The Morgan fingerprint density at radius 3 is 2.27 bits per heavy atom. The van der Waals surface area contributed by atoms with E-state index in [4.69, 9.17) is 0 Å². The van der Waals surface area contributed by atoms with Crippen molar-refractivity contribution in [3.63, 3.8) is 0 Å². The molecule has 0 bridgehead atoms. The Hall–Kier alpha value is -1.71. The lowest BCUT2D eigenvalue weighted by atomic mass is 9.96. The van der Waals surface area contributed by atoms with Crippen molar-refractivity contribution in [3.05, 3.63) is 30.5 Å². The highest BCUT2D eigenvalue weighted by atomic mass is 15.1. The molecular formula is C11H14N4. The molecular weight excluding hydrogens is 188 g/mol. The lowest BCUT2D eigenvalue weighted by Gasteiger charge is -2.15. The first kappa shape index (κ1) is 9.83. The van der Waals surface area contributed by atoms with Crippen molar-refractivity contribution in [3.8, 4) is 11.3 Å². The summed E-state index contributed by atoms with van der Waals surface area (Å²) < 4.78 is 0. The van der Waals surface area contributed by atoms with Crippen LogP contribution in [0.5, 0.6) is 0 Å². The molecule has 0 aromatic carbocycles. The van der Waals surface area contributed by atoms with Crippen molar-refractivity contribution in [2.24, 2.45) is 0 Å². The van der Waals surface area contributed by atoms with Crippen molar-refractivity contribution in [1.82, 2.24) is 20.2 Å². The molecule has 0 unspecified atom stereocenters. The van der Waals surface area contributed by atoms with Crippen LogP contribution in [0.1, 0.15) is 26.6 Å². The molecule has 2 aromatic rings. The Bertz CT molecular complexity index is 423. The van der Waals surface area contributed by atoms with E-state index in [-0.39, 0.29) is 5.41 Å². The fourth-order valence-electron chi connectivity index (χ4n) is 1.27. The summed E-state index contributed by atoms with van der Waals surface area (Å²) in [6, 6.07) is 1.90. The van der Waals surface area contributed by atoms with Gasteiger partial charge in [-0.25, -0.2) is 9.97 Å². The molecule has 78 valence electrons. The van der Waals surface area contributed by atoms with Crippen LogP contribution in [0, 0.1) is 0 Å². The van der Waals surface area contributed by atoms with Gasteiger partial charge in [-0.2, -0.15) is 5.10 Å². The maximum atomic E-state index is 4.35. The maximum absolute atomic E-state index is 4.35. The molecule has 0 amide bonds. The van der Waals surface area contributed by atoms with Crippen LogP contribution in [0.4, 0.5) is 0 Å². The van der Waals surface area contributed by atoms with Gasteiger partial charge in [-0.3, -0.25) is 5.10 Å². The summed E-state index contributed by atoms with van der Waals surface area (Å²) in [4.78, 5) is 8.69. The third kappa shape index (κ3) is 2.03. The molecule has 2 heterocycles. The van der Waals surface area contributed by atoms with Crippen LogP contribution >= 0.6 is 0 Å². The molecule has 1 N–H and O–H groups in total. The van der Waals surface area contributed by atoms with Crippen molar-refractivity contribution >= 4 is 0 Å². The van der Waals surface area contributed by atoms with Gasteiger partial charge < -0.3 is 0 Å². The van der Waals surface area contributed by atoms with Gasteiger partial charge in [0.05, 0.1) is 5.69 Å². The highest BCUT2D eigenvalue weighted by molar-refractivity contribution is 5.55. The second kappa shape index (κ2) is 3.46. The lowest BCUT2D eigenvalue weighted by molar-refractivity contribution is 0.545. The molecule has 0 atom stereocenters. The summed E-state index contributed by atoms with van der Waals surface area (Å²) in [5.41, 5.74) is 1.89. The van der Waals surface area contributed by atoms with E-state index in [9.17, 15) is 0 Å². The second-order valence-corrected chi connectivity index (χ2v) is 4.52. The van der Waals surface area contributed by atoms with Crippen LogP contribution < -0.4 is 0 Å². The normalized spacial score (nSPS) is 11.7. The number of rotatable bonds is 1. The van der Waals surface area contributed by atoms with Crippen molar-refractivity contribution in [1.29, 1.82) is 0 Å². The Morgan fingerprint density at radius 2 is 1.80 bits per heavy atom. The van der Waals surface area contributed by atoms with Crippen LogP contribution in [0.3, 0.4) is 0 Å². The molecule has 0 saturated heterocycles. The number of H-pyrrole nitrogens is 1. The first-order chi connectivity index (χ1) is 7.07. The third-order valence-corrected chi connectivity index (χ3v) is 2.13. The molecule has 0 aliphatic heterocycles. The first-order valence-electron chi connectivity index (χ1n) is 4.89. The molecule has 4 nitrogen and oxygen atoms in total. The van der Waals surface area contributed by atoms with Gasteiger partial charge in [0, 0.05) is 29.6 Å². The van der Waals surface area contributed by atoms with Gasteiger partial charge in [0.2, 0.25) is 0 Å². The zero-order valence-corrected chi connectivity index (χ0v) is 9.15. The topological polar surface area (TPSA) is 54.5 Å².